The van der Waals surface area contributed by atoms with Gasteiger partial charge in [-0.2, -0.15) is 0 Å². The van der Waals surface area contributed by atoms with Crippen molar-refractivity contribution in [1.29, 1.82) is 0 Å². The number of ketones is 1. The lowest BCUT2D eigenvalue weighted by Crippen LogP contribution is -2.13. The van der Waals surface area contributed by atoms with Crippen LogP contribution in [0.15, 0.2) is 24.3 Å². The summed E-state index contributed by atoms with van der Waals surface area (Å²) in [6.45, 7) is 0. The first-order valence-corrected chi connectivity index (χ1v) is 8.13. The summed E-state index contributed by atoms with van der Waals surface area (Å²) in [6, 6.07) is 7.37. The van der Waals surface area contributed by atoms with Crippen LogP contribution in [0.4, 0.5) is 5.13 Å². The Morgan fingerprint density at radius 3 is 2.85 bits per heavy atom. The van der Waals surface area contributed by atoms with E-state index < -0.39 is 0 Å². The van der Waals surface area contributed by atoms with E-state index in [0.29, 0.717) is 22.0 Å². The molecule has 1 amide bonds. The summed E-state index contributed by atoms with van der Waals surface area (Å²) in [5, 5.41) is 3.30. The van der Waals surface area contributed by atoms with Gasteiger partial charge in [0.05, 0.1) is 16.1 Å². The summed E-state index contributed by atoms with van der Waals surface area (Å²) in [4.78, 5) is 29.0. The van der Waals surface area contributed by atoms with Gasteiger partial charge in [0.15, 0.2) is 10.9 Å². The van der Waals surface area contributed by atoms with Gasteiger partial charge in [-0.05, 0) is 47.6 Å². The molecule has 1 aliphatic rings. The maximum absolute atomic E-state index is 12.2. The van der Waals surface area contributed by atoms with E-state index in [4.69, 9.17) is 0 Å². The van der Waals surface area contributed by atoms with Crippen molar-refractivity contribution in [3.05, 3.63) is 44.0 Å². The highest BCUT2D eigenvalue weighted by Gasteiger charge is 2.23. The van der Waals surface area contributed by atoms with E-state index in [1.165, 1.54) is 11.3 Å². The van der Waals surface area contributed by atoms with Gasteiger partial charge in [0.1, 0.15) is 0 Å². The van der Waals surface area contributed by atoms with Crippen LogP contribution in [-0.2, 0) is 6.42 Å². The van der Waals surface area contributed by atoms with Crippen LogP contribution in [0.5, 0.6) is 0 Å². The Kier molecular flexibility index (Phi) is 3.84. The Balaban J connectivity index is 1.84. The molecule has 3 rings (SSSR count). The second-order valence-corrected chi connectivity index (χ2v) is 6.67. The fraction of sp³-hybridized carbons (Fsp3) is 0.214. The second-order valence-electron chi connectivity index (χ2n) is 4.51. The Bertz CT molecular complexity index is 696. The number of carbonyl (C=O) groups excluding carboxylic acids is 2. The number of aromatic nitrogens is 1. The van der Waals surface area contributed by atoms with Crippen molar-refractivity contribution in [3.63, 3.8) is 0 Å². The first-order valence-electron chi connectivity index (χ1n) is 6.24. The van der Waals surface area contributed by atoms with Crippen molar-refractivity contribution in [3.8, 4) is 0 Å². The van der Waals surface area contributed by atoms with E-state index in [1.807, 2.05) is 18.2 Å². The molecule has 0 saturated carbocycles. The summed E-state index contributed by atoms with van der Waals surface area (Å²) >= 11 is 3.40. The minimum Gasteiger partial charge on any atom is -0.298 e. The van der Waals surface area contributed by atoms with Gasteiger partial charge >= 0.3 is 0 Å². The fourth-order valence-electron chi connectivity index (χ4n) is 2.13. The van der Waals surface area contributed by atoms with Gasteiger partial charge in [-0.1, -0.05) is 23.5 Å². The molecule has 4 nitrogen and oxygen atoms in total. The largest absolute Gasteiger partial charge is 0.298 e. The standard InChI is InChI=1S/C14H11IN2O2S/c15-9-5-2-1-4-8(9)13(19)17-14-16-10-6-3-7-11(18)12(10)20-14/h1-2,4-5H,3,6-7H2,(H,16,17,19). The summed E-state index contributed by atoms with van der Waals surface area (Å²) in [5.41, 5.74) is 1.44. The molecule has 0 unspecified atom stereocenters. The number of thiazole rings is 1. The van der Waals surface area contributed by atoms with Gasteiger partial charge in [0.2, 0.25) is 0 Å². The monoisotopic (exact) mass is 398 g/mol. The highest BCUT2D eigenvalue weighted by molar-refractivity contribution is 14.1. The zero-order chi connectivity index (χ0) is 14.1. The minimum absolute atomic E-state index is 0.138. The molecular formula is C14H11IN2O2S. The first kappa shape index (κ1) is 13.7. The predicted molar refractivity (Wildman–Crippen MR) is 86.5 cm³/mol. The number of rotatable bonds is 2. The van der Waals surface area contributed by atoms with E-state index in [1.54, 1.807) is 6.07 Å². The van der Waals surface area contributed by atoms with Crippen molar-refractivity contribution in [2.45, 2.75) is 19.3 Å². The van der Waals surface area contributed by atoms with E-state index in [9.17, 15) is 9.59 Å². The van der Waals surface area contributed by atoms with Crippen LogP contribution in [0.2, 0.25) is 0 Å². The van der Waals surface area contributed by atoms with Crippen LogP contribution >= 0.6 is 33.9 Å². The Morgan fingerprint density at radius 2 is 2.10 bits per heavy atom. The number of carbonyl (C=O) groups is 2. The van der Waals surface area contributed by atoms with Crippen molar-refractivity contribution < 1.29 is 9.59 Å². The van der Waals surface area contributed by atoms with Crippen molar-refractivity contribution in [2.24, 2.45) is 0 Å². The van der Waals surface area contributed by atoms with Crippen molar-refractivity contribution in [2.75, 3.05) is 5.32 Å². The molecule has 1 aliphatic carbocycles. The maximum Gasteiger partial charge on any atom is 0.258 e. The van der Waals surface area contributed by atoms with Crippen LogP contribution in [0, 0.1) is 3.57 Å². The molecule has 102 valence electrons. The zero-order valence-corrected chi connectivity index (χ0v) is 13.5. The molecule has 0 spiro atoms. The zero-order valence-electron chi connectivity index (χ0n) is 10.5. The summed E-state index contributed by atoms with van der Waals surface area (Å²) < 4.78 is 0.889. The number of aryl methyl sites for hydroxylation is 1. The quantitative estimate of drug-likeness (QED) is 0.788. The normalized spacial score (nSPS) is 13.9. The molecule has 2 aromatic rings. The molecule has 20 heavy (non-hydrogen) atoms. The van der Waals surface area contributed by atoms with Gasteiger partial charge in [-0.15, -0.1) is 0 Å². The van der Waals surface area contributed by atoms with E-state index in [0.717, 1.165) is 22.1 Å². The molecule has 1 aromatic carbocycles. The van der Waals surface area contributed by atoms with Crippen LogP contribution in [0.3, 0.4) is 0 Å². The lowest BCUT2D eigenvalue weighted by molar-refractivity contribution is 0.0975. The maximum atomic E-state index is 12.2. The number of amides is 1. The smallest absolute Gasteiger partial charge is 0.258 e. The van der Waals surface area contributed by atoms with Crippen molar-refractivity contribution in [1.82, 2.24) is 4.98 Å². The molecule has 6 heteroatoms. The molecule has 1 aromatic heterocycles. The number of hydrogen-bond donors (Lipinski definition) is 1. The van der Waals surface area contributed by atoms with Gasteiger partial charge in [-0.3, -0.25) is 14.9 Å². The topological polar surface area (TPSA) is 59.1 Å². The molecule has 0 bridgehead atoms. The lowest BCUT2D eigenvalue weighted by atomic mass is 10.0. The number of hydrogen-bond acceptors (Lipinski definition) is 4. The molecule has 0 saturated heterocycles. The van der Waals surface area contributed by atoms with Gasteiger partial charge in [0, 0.05) is 9.99 Å². The van der Waals surface area contributed by atoms with Crippen LogP contribution < -0.4 is 5.32 Å². The average Bonchev–Trinajstić information content (AvgIpc) is 2.83. The fourth-order valence-corrected chi connectivity index (χ4v) is 3.74. The SMILES string of the molecule is O=C(Nc1nc2c(s1)C(=O)CCC2)c1ccccc1I. The molecule has 0 fully saturated rings. The van der Waals surface area contributed by atoms with E-state index in [2.05, 4.69) is 32.9 Å². The number of nitrogens with one attached hydrogen (secondary N) is 1. The second kappa shape index (κ2) is 5.61. The van der Waals surface area contributed by atoms with Crippen LogP contribution in [0.25, 0.3) is 0 Å². The first-order chi connectivity index (χ1) is 9.65. The summed E-state index contributed by atoms with van der Waals surface area (Å²) in [5.74, 6) is -0.0490. The van der Waals surface area contributed by atoms with Gasteiger partial charge < -0.3 is 0 Å². The third-order valence-electron chi connectivity index (χ3n) is 3.11. The molecular weight excluding hydrogens is 387 g/mol. The predicted octanol–water partition coefficient (Wildman–Crippen LogP) is 3.52. The highest BCUT2D eigenvalue weighted by atomic mass is 127. The molecule has 1 N–H and O–H groups in total. The van der Waals surface area contributed by atoms with E-state index >= 15 is 0 Å². The Hall–Kier alpha value is -1.28. The number of nitrogens with zero attached hydrogens (tertiary/aromatic N) is 1. The Morgan fingerprint density at radius 1 is 1.30 bits per heavy atom. The number of benzene rings is 1. The van der Waals surface area contributed by atoms with Gasteiger partial charge in [0.25, 0.3) is 5.91 Å². The molecule has 0 radical (unpaired) electrons. The molecule has 1 heterocycles. The van der Waals surface area contributed by atoms with Crippen molar-refractivity contribution >= 4 is 50.7 Å². The number of fused-ring (bicyclic) bond motifs is 1. The summed E-state index contributed by atoms with van der Waals surface area (Å²) in [7, 11) is 0. The minimum atomic E-state index is -0.187. The van der Waals surface area contributed by atoms with Crippen LogP contribution in [0.1, 0.15) is 38.6 Å². The average molecular weight is 398 g/mol. The Labute approximate surface area is 133 Å². The lowest BCUT2D eigenvalue weighted by Gasteiger charge is -2.05. The number of halogens is 1. The third-order valence-corrected chi connectivity index (χ3v) is 5.10. The van der Waals surface area contributed by atoms with E-state index in [-0.39, 0.29) is 11.7 Å². The van der Waals surface area contributed by atoms with Gasteiger partial charge in [-0.25, -0.2) is 4.98 Å². The number of anilines is 1. The van der Waals surface area contributed by atoms with Crippen LogP contribution in [-0.4, -0.2) is 16.7 Å². The summed E-state index contributed by atoms with van der Waals surface area (Å²) in [6.07, 6.45) is 2.25. The molecule has 0 aliphatic heterocycles. The third kappa shape index (κ3) is 2.62. The number of Topliss-reactive ketones (excluding diaryl/α,β-unsaturated/α-hetero) is 1. The molecule has 0 atom stereocenters. The highest BCUT2D eigenvalue weighted by Crippen LogP contribution is 2.30.